The molecule has 2 aromatic heterocycles. The van der Waals surface area contributed by atoms with Crippen molar-refractivity contribution in [2.45, 2.75) is 12.6 Å². The number of furan rings is 1. The van der Waals surface area contributed by atoms with Gasteiger partial charge in [0.25, 0.3) is 5.91 Å². The number of carbonyl (C=O) groups excluding carboxylic acids is 2. The van der Waals surface area contributed by atoms with Crippen LogP contribution in [-0.4, -0.2) is 37.5 Å². The van der Waals surface area contributed by atoms with E-state index in [9.17, 15) is 9.59 Å². The van der Waals surface area contributed by atoms with Crippen LogP contribution in [0.25, 0.3) is 0 Å². The van der Waals surface area contributed by atoms with Gasteiger partial charge in [-0.25, -0.2) is 4.79 Å². The number of benzene rings is 1. The summed E-state index contributed by atoms with van der Waals surface area (Å²) in [7, 11) is 3.99. The van der Waals surface area contributed by atoms with Crippen LogP contribution in [0.3, 0.4) is 0 Å². The number of anilines is 1. The molecule has 0 spiro atoms. The number of urea groups is 1. The monoisotopic (exact) mass is 412 g/mol. The van der Waals surface area contributed by atoms with Crippen molar-refractivity contribution >= 4 is 29.0 Å². The first-order valence-corrected chi connectivity index (χ1v) is 10.1. The fourth-order valence-corrected chi connectivity index (χ4v) is 3.51. The number of nitrogens with zero attached hydrogens (tertiary/aromatic N) is 1. The minimum Gasteiger partial charge on any atom is -0.459 e. The third-order valence-corrected chi connectivity index (χ3v) is 5.12. The molecule has 0 aliphatic carbocycles. The fourth-order valence-electron chi connectivity index (χ4n) is 2.80. The molecule has 0 radical (unpaired) electrons. The molecule has 29 heavy (non-hydrogen) atoms. The summed E-state index contributed by atoms with van der Waals surface area (Å²) in [6.07, 6.45) is 1.45. The van der Waals surface area contributed by atoms with Crippen molar-refractivity contribution < 1.29 is 14.0 Å². The number of rotatable bonds is 8. The summed E-state index contributed by atoms with van der Waals surface area (Å²) < 4.78 is 5.07. The predicted molar refractivity (Wildman–Crippen MR) is 114 cm³/mol. The van der Waals surface area contributed by atoms with Crippen LogP contribution >= 0.6 is 11.3 Å². The molecule has 0 aliphatic heterocycles. The molecule has 0 saturated carbocycles. The largest absolute Gasteiger partial charge is 0.459 e. The number of thiophene rings is 1. The molecule has 7 nitrogen and oxygen atoms in total. The fraction of sp³-hybridized carbons (Fsp3) is 0.238. The molecule has 3 N–H and O–H groups in total. The predicted octanol–water partition coefficient (Wildman–Crippen LogP) is 3.70. The van der Waals surface area contributed by atoms with Gasteiger partial charge in [0.1, 0.15) is 0 Å². The van der Waals surface area contributed by atoms with E-state index in [1.165, 1.54) is 11.8 Å². The van der Waals surface area contributed by atoms with Gasteiger partial charge in [-0.1, -0.05) is 12.1 Å². The van der Waals surface area contributed by atoms with E-state index in [-0.39, 0.29) is 23.7 Å². The van der Waals surface area contributed by atoms with Gasteiger partial charge >= 0.3 is 6.03 Å². The zero-order valence-corrected chi connectivity index (χ0v) is 17.2. The van der Waals surface area contributed by atoms with E-state index < -0.39 is 0 Å². The van der Waals surface area contributed by atoms with E-state index >= 15 is 0 Å². The minimum atomic E-state index is -0.304. The molecule has 1 aromatic carbocycles. The molecular formula is C21H24N4O3S. The quantitative estimate of drug-likeness (QED) is 0.527. The van der Waals surface area contributed by atoms with Gasteiger partial charge in [-0.3, -0.25) is 4.79 Å². The Morgan fingerprint density at radius 1 is 1.10 bits per heavy atom. The topological polar surface area (TPSA) is 86.6 Å². The molecule has 0 aliphatic rings. The Morgan fingerprint density at radius 2 is 1.90 bits per heavy atom. The van der Waals surface area contributed by atoms with E-state index in [1.54, 1.807) is 35.6 Å². The number of hydrogen-bond donors (Lipinski definition) is 3. The van der Waals surface area contributed by atoms with Crippen LogP contribution in [0.4, 0.5) is 10.5 Å². The lowest BCUT2D eigenvalue weighted by Crippen LogP contribution is -2.40. The molecule has 3 amide bonds. The Morgan fingerprint density at radius 3 is 2.52 bits per heavy atom. The molecule has 3 rings (SSSR count). The summed E-state index contributed by atoms with van der Waals surface area (Å²) in [4.78, 5) is 26.2. The average Bonchev–Trinajstić information content (AvgIpc) is 3.41. The van der Waals surface area contributed by atoms with Crippen LogP contribution in [0.2, 0.25) is 0 Å². The Balaban J connectivity index is 1.44. The maximum atomic E-state index is 12.2. The van der Waals surface area contributed by atoms with Crippen LogP contribution in [0.15, 0.2) is 63.9 Å². The Labute approximate surface area is 173 Å². The molecule has 0 bridgehead atoms. The minimum absolute atomic E-state index is 0.129. The molecule has 3 aromatic rings. The first-order valence-electron chi connectivity index (χ1n) is 9.17. The number of nitrogens with one attached hydrogen (secondary N) is 3. The van der Waals surface area contributed by atoms with Crippen LogP contribution in [0.5, 0.6) is 0 Å². The van der Waals surface area contributed by atoms with Crippen molar-refractivity contribution in [2.24, 2.45) is 0 Å². The van der Waals surface area contributed by atoms with Crippen LogP contribution in [0.1, 0.15) is 27.7 Å². The van der Waals surface area contributed by atoms with Crippen molar-refractivity contribution in [1.29, 1.82) is 0 Å². The maximum absolute atomic E-state index is 12.2. The summed E-state index contributed by atoms with van der Waals surface area (Å²) in [5.41, 5.74) is 2.77. The Bertz CT molecular complexity index is 906. The number of carbonyl (C=O) groups is 2. The van der Waals surface area contributed by atoms with E-state index in [2.05, 4.69) is 32.3 Å². The van der Waals surface area contributed by atoms with E-state index in [0.29, 0.717) is 18.8 Å². The van der Waals surface area contributed by atoms with E-state index in [4.69, 9.17) is 4.42 Å². The first kappa shape index (κ1) is 20.6. The highest BCUT2D eigenvalue weighted by Crippen LogP contribution is 2.20. The third kappa shape index (κ3) is 5.94. The molecule has 0 fully saturated rings. The van der Waals surface area contributed by atoms with Crippen molar-refractivity contribution in [2.75, 3.05) is 26.0 Å². The summed E-state index contributed by atoms with van der Waals surface area (Å²) in [5, 5.41) is 12.7. The molecule has 0 saturated heterocycles. The highest BCUT2D eigenvalue weighted by molar-refractivity contribution is 7.07. The number of hydrogen-bond acceptors (Lipinski definition) is 5. The first-order chi connectivity index (χ1) is 14.0. The average molecular weight is 413 g/mol. The Hall–Kier alpha value is -3.10. The van der Waals surface area contributed by atoms with Gasteiger partial charge in [0.15, 0.2) is 5.76 Å². The van der Waals surface area contributed by atoms with Gasteiger partial charge in [0.2, 0.25) is 0 Å². The van der Waals surface area contributed by atoms with Crippen LogP contribution in [-0.2, 0) is 6.54 Å². The standard InChI is InChI=1S/C21H24N4O3S/c1-25(2)18(16-9-11-29-14-16)13-23-21(27)22-12-15-5-7-17(8-6-15)24-20(26)19-4-3-10-28-19/h3-11,14,18H,12-13H2,1-2H3,(H,24,26)(H2,22,23,27)/t18-/m1/s1. The zero-order chi connectivity index (χ0) is 20.6. The second-order valence-corrected chi connectivity index (χ2v) is 7.51. The second-order valence-electron chi connectivity index (χ2n) is 6.73. The molecule has 2 heterocycles. The highest BCUT2D eigenvalue weighted by Gasteiger charge is 2.15. The number of likely N-dealkylation sites (N-methyl/N-ethyl adjacent to an activating group) is 1. The summed E-state index contributed by atoms with van der Waals surface area (Å²) >= 11 is 1.64. The number of amides is 3. The SMILES string of the molecule is CN(C)[C@H](CNC(=O)NCc1ccc(NC(=O)c2ccco2)cc1)c1ccsc1. The van der Waals surface area contributed by atoms with E-state index in [0.717, 1.165) is 5.56 Å². The molecule has 1 atom stereocenters. The van der Waals surface area contributed by atoms with Crippen molar-refractivity contribution in [3.8, 4) is 0 Å². The molecule has 152 valence electrons. The van der Waals surface area contributed by atoms with E-state index in [1.807, 2.05) is 31.6 Å². The Kier molecular flexibility index (Phi) is 7.04. The highest BCUT2D eigenvalue weighted by atomic mass is 32.1. The zero-order valence-electron chi connectivity index (χ0n) is 16.3. The third-order valence-electron chi connectivity index (χ3n) is 4.42. The van der Waals surface area contributed by atoms with Crippen LogP contribution in [0, 0.1) is 0 Å². The van der Waals surface area contributed by atoms with Crippen LogP contribution < -0.4 is 16.0 Å². The normalized spacial score (nSPS) is 11.8. The van der Waals surface area contributed by atoms with Gasteiger partial charge in [0, 0.05) is 18.8 Å². The summed E-state index contributed by atoms with van der Waals surface area (Å²) in [6.45, 7) is 0.913. The van der Waals surface area contributed by atoms with Crippen molar-refractivity contribution in [1.82, 2.24) is 15.5 Å². The van der Waals surface area contributed by atoms with Crippen molar-refractivity contribution in [3.05, 3.63) is 76.4 Å². The van der Waals surface area contributed by atoms with Gasteiger partial charge in [-0.05, 0) is 66.3 Å². The summed E-state index contributed by atoms with van der Waals surface area (Å²) in [5.74, 6) is -0.0489. The molecule has 8 heteroatoms. The second kappa shape index (κ2) is 9.90. The molecular weight excluding hydrogens is 388 g/mol. The van der Waals surface area contributed by atoms with Crippen molar-refractivity contribution in [3.63, 3.8) is 0 Å². The lowest BCUT2D eigenvalue weighted by Gasteiger charge is -2.24. The summed E-state index contributed by atoms with van der Waals surface area (Å²) in [6, 6.07) is 12.5. The van der Waals surface area contributed by atoms with Gasteiger partial charge in [0.05, 0.1) is 12.3 Å². The lowest BCUT2D eigenvalue weighted by atomic mass is 10.1. The van der Waals surface area contributed by atoms with Gasteiger partial charge < -0.3 is 25.3 Å². The van der Waals surface area contributed by atoms with Gasteiger partial charge in [-0.15, -0.1) is 0 Å². The molecule has 0 unspecified atom stereocenters. The smallest absolute Gasteiger partial charge is 0.315 e. The maximum Gasteiger partial charge on any atom is 0.315 e. The van der Waals surface area contributed by atoms with Gasteiger partial charge in [-0.2, -0.15) is 11.3 Å². The lowest BCUT2D eigenvalue weighted by molar-refractivity contribution is 0.0996.